The SMILES string of the molecule is COC(=O)c1ccc2nnc(CC3CCN(C(C)C)C3)n2c1. The first-order valence-electron chi connectivity index (χ1n) is 7.74. The Hall–Kier alpha value is -1.95. The summed E-state index contributed by atoms with van der Waals surface area (Å²) in [5, 5.41) is 8.49. The van der Waals surface area contributed by atoms with Crippen molar-refractivity contribution in [3.63, 3.8) is 0 Å². The van der Waals surface area contributed by atoms with Crippen LogP contribution in [0.2, 0.25) is 0 Å². The Morgan fingerprint density at radius 2 is 2.23 bits per heavy atom. The number of hydrogen-bond donors (Lipinski definition) is 0. The summed E-state index contributed by atoms with van der Waals surface area (Å²) in [5.41, 5.74) is 1.28. The largest absolute Gasteiger partial charge is 0.465 e. The van der Waals surface area contributed by atoms with Gasteiger partial charge in [0.1, 0.15) is 5.82 Å². The molecule has 22 heavy (non-hydrogen) atoms. The van der Waals surface area contributed by atoms with Crippen molar-refractivity contribution in [1.29, 1.82) is 0 Å². The second-order valence-electron chi connectivity index (χ2n) is 6.20. The fraction of sp³-hybridized carbons (Fsp3) is 0.562. The number of methoxy groups -OCH3 is 1. The van der Waals surface area contributed by atoms with Crippen LogP contribution in [-0.4, -0.2) is 51.7 Å². The molecule has 0 radical (unpaired) electrons. The number of hydrogen-bond acceptors (Lipinski definition) is 5. The van der Waals surface area contributed by atoms with E-state index in [2.05, 4.69) is 28.9 Å². The van der Waals surface area contributed by atoms with Crippen LogP contribution in [0.15, 0.2) is 18.3 Å². The summed E-state index contributed by atoms with van der Waals surface area (Å²) in [7, 11) is 1.39. The van der Waals surface area contributed by atoms with Crippen LogP contribution in [0.3, 0.4) is 0 Å². The molecule has 0 aliphatic carbocycles. The van der Waals surface area contributed by atoms with Crippen LogP contribution < -0.4 is 0 Å². The molecule has 3 heterocycles. The van der Waals surface area contributed by atoms with E-state index in [1.807, 2.05) is 4.40 Å². The van der Waals surface area contributed by atoms with Crippen molar-refractivity contribution < 1.29 is 9.53 Å². The molecular weight excluding hydrogens is 280 g/mol. The normalized spacial score (nSPS) is 19.2. The minimum atomic E-state index is -0.339. The van der Waals surface area contributed by atoms with Crippen molar-refractivity contribution >= 4 is 11.6 Å². The molecule has 0 spiro atoms. The Morgan fingerprint density at radius 3 is 2.91 bits per heavy atom. The summed E-state index contributed by atoms with van der Waals surface area (Å²) in [6.45, 7) is 6.71. The molecule has 1 aliphatic rings. The molecule has 118 valence electrons. The average molecular weight is 302 g/mol. The first kappa shape index (κ1) is 15.0. The third kappa shape index (κ3) is 2.83. The second-order valence-corrected chi connectivity index (χ2v) is 6.20. The summed E-state index contributed by atoms with van der Waals surface area (Å²) in [6, 6.07) is 4.11. The van der Waals surface area contributed by atoms with Crippen LogP contribution in [0.1, 0.15) is 36.5 Å². The van der Waals surface area contributed by atoms with Crippen LogP contribution in [0.5, 0.6) is 0 Å². The predicted molar refractivity (Wildman–Crippen MR) is 82.8 cm³/mol. The highest BCUT2D eigenvalue weighted by molar-refractivity contribution is 5.89. The van der Waals surface area contributed by atoms with Gasteiger partial charge in [-0.2, -0.15) is 0 Å². The lowest BCUT2D eigenvalue weighted by molar-refractivity contribution is 0.0600. The monoisotopic (exact) mass is 302 g/mol. The molecule has 1 fully saturated rings. The van der Waals surface area contributed by atoms with Gasteiger partial charge >= 0.3 is 5.97 Å². The van der Waals surface area contributed by atoms with Crippen molar-refractivity contribution in [3.8, 4) is 0 Å². The molecule has 1 atom stereocenters. The first-order chi connectivity index (χ1) is 10.6. The topological polar surface area (TPSA) is 59.7 Å². The summed E-state index contributed by atoms with van der Waals surface area (Å²) < 4.78 is 6.68. The maximum absolute atomic E-state index is 11.7. The van der Waals surface area contributed by atoms with Gasteiger partial charge in [-0.25, -0.2) is 4.79 Å². The van der Waals surface area contributed by atoms with Crippen molar-refractivity contribution in [2.24, 2.45) is 5.92 Å². The van der Waals surface area contributed by atoms with E-state index in [9.17, 15) is 4.79 Å². The van der Waals surface area contributed by atoms with E-state index in [0.717, 1.165) is 31.0 Å². The van der Waals surface area contributed by atoms with E-state index < -0.39 is 0 Å². The Balaban J connectivity index is 1.81. The molecular formula is C16H22N4O2. The summed E-state index contributed by atoms with van der Waals surface area (Å²) in [4.78, 5) is 14.2. The van der Waals surface area contributed by atoms with Gasteiger partial charge in [0, 0.05) is 25.2 Å². The fourth-order valence-electron chi connectivity index (χ4n) is 3.07. The number of carbonyl (C=O) groups is 1. The zero-order valence-corrected chi connectivity index (χ0v) is 13.3. The maximum Gasteiger partial charge on any atom is 0.339 e. The van der Waals surface area contributed by atoms with Crippen molar-refractivity contribution in [2.45, 2.75) is 32.7 Å². The maximum atomic E-state index is 11.7. The van der Waals surface area contributed by atoms with Crippen LogP contribution in [0.25, 0.3) is 5.65 Å². The molecule has 0 N–H and O–H groups in total. The van der Waals surface area contributed by atoms with Crippen LogP contribution in [0, 0.1) is 5.92 Å². The van der Waals surface area contributed by atoms with Crippen LogP contribution in [-0.2, 0) is 11.2 Å². The summed E-state index contributed by atoms with van der Waals surface area (Å²) in [5.74, 6) is 1.17. The molecule has 0 saturated carbocycles. The fourth-order valence-corrected chi connectivity index (χ4v) is 3.07. The van der Waals surface area contributed by atoms with Gasteiger partial charge in [0.05, 0.1) is 12.7 Å². The molecule has 0 aromatic carbocycles. The van der Waals surface area contributed by atoms with E-state index in [-0.39, 0.29) is 5.97 Å². The highest BCUT2D eigenvalue weighted by atomic mass is 16.5. The highest BCUT2D eigenvalue weighted by Gasteiger charge is 2.25. The minimum absolute atomic E-state index is 0.339. The number of pyridine rings is 1. The molecule has 3 rings (SSSR count). The van der Waals surface area contributed by atoms with Gasteiger partial charge in [-0.15, -0.1) is 10.2 Å². The molecule has 6 heteroatoms. The number of likely N-dealkylation sites (tertiary alicyclic amines) is 1. The molecule has 1 unspecified atom stereocenters. The van der Waals surface area contributed by atoms with Gasteiger partial charge < -0.3 is 9.64 Å². The quantitative estimate of drug-likeness (QED) is 0.806. The van der Waals surface area contributed by atoms with E-state index in [0.29, 0.717) is 17.5 Å². The molecule has 2 aromatic heterocycles. The average Bonchev–Trinajstić information content (AvgIpc) is 3.14. The Morgan fingerprint density at radius 1 is 1.41 bits per heavy atom. The van der Waals surface area contributed by atoms with Gasteiger partial charge in [0.2, 0.25) is 0 Å². The molecule has 6 nitrogen and oxygen atoms in total. The number of rotatable bonds is 4. The third-order valence-corrected chi connectivity index (χ3v) is 4.41. The Bertz CT molecular complexity index is 680. The van der Waals surface area contributed by atoms with Gasteiger partial charge in [0.15, 0.2) is 5.65 Å². The number of carbonyl (C=O) groups excluding carboxylic acids is 1. The molecule has 1 saturated heterocycles. The van der Waals surface area contributed by atoms with Crippen molar-refractivity contribution in [2.75, 3.05) is 20.2 Å². The van der Waals surface area contributed by atoms with E-state index in [1.54, 1.807) is 18.3 Å². The van der Waals surface area contributed by atoms with Gasteiger partial charge in [-0.1, -0.05) is 0 Å². The van der Waals surface area contributed by atoms with E-state index in [4.69, 9.17) is 4.74 Å². The lowest BCUT2D eigenvalue weighted by Gasteiger charge is -2.20. The smallest absolute Gasteiger partial charge is 0.339 e. The van der Waals surface area contributed by atoms with Gasteiger partial charge in [0.25, 0.3) is 0 Å². The summed E-state index contributed by atoms with van der Waals surface area (Å²) in [6.07, 6.45) is 3.84. The van der Waals surface area contributed by atoms with Gasteiger partial charge in [-0.3, -0.25) is 4.40 Å². The third-order valence-electron chi connectivity index (χ3n) is 4.41. The number of ether oxygens (including phenoxy) is 1. The Labute approximate surface area is 130 Å². The van der Waals surface area contributed by atoms with Gasteiger partial charge in [-0.05, 0) is 44.9 Å². The molecule has 1 aliphatic heterocycles. The zero-order valence-electron chi connectivity index (χ0n) is 13.3. The number of esters is 1. The minimum Gasteiger partial charge on any atom is -0.465 e. The number of aromatic nitrogens is 3. The number of nitrogens with zero attached hydrogens (tertiary/aromatic N) is 4. The van der Waals surface area contributed by atoms with E-state index in [1.165, 1.54) is 13.5 Å². The summed E-state index contributed by atoms with van der Waals surface area (Å²) >= 11 is 0. The number of fused-ring (bicyclic) bond motifs is 1. The van der Waals surface area contributed by atoms with E-state index >= 15 is 0 Å². The highest BCUT2D eigenvalue weighted by Crippen LogP contribution is 2.22. The zero-order chi connectivity index (χ0) is 15.7. The van der Waals surface area contributed by atoms with Crippen molar-refractivity contribution in [3.05, 3.63) is 29.7 Å². The predicted octanol–water partition coefficient (Wildman–Crippen LogP) is 1.79. The van der Waals surface area contributed by atoms with Crippen LogP contribution in [0.4, 0.5) is 0 Å². The molecule has 2 aromatic rings. The lowest BCUT2D eigenvalue weighted by atomic mass is 10.0. The van der Waals surface area contributed by atoms with Crippen LogP contribution >= 0.6 is 0 Å². The molecule has 0 bridgehead atoms. The first-order valence-corrected chi connectivity index (χ1v) is 7.74. The Kier molecular flexibility index (Phi) is 4.11. The standard InChI is InChI=1S/C16H22N4O2/c1-11(2)19-7-6-12(9-19)8-15-18-17-14-5-4-13(10-20(14)15)16(21)22-3/h4-5,10-12H,6-9H2,1-3H3. The molecule has 0 amide bonds. The lowest BCUT2D eigenvalue weighted by Crippen LogP contribution is -2.28. The second kappa shape index (κ2) is 6.04. The van der Waals surface area contributed by atoms with Crippen molar-refractivity contribution in [1.82, 2.24) is 19.5 Å².